The molecular weight excluding hydrogens is 208 g/mol. The summed E-state index contributed by atoms with van der Waals surface area (Å²) >= 11 is 1.64. The van der Waals surface area contributed by atoms with Gasteiger partial charge in [0, 0.05) is 18.5 Å². The summed E-state index contributed by atoms with van der Waals surface area (Å²) in [6.45, 7) is 4.34. The van der Waals surface area contributed by atoms with Crippen LogP contribution in [0.3, 0.4) is 0 Å². The Labute approximate surface area is 95.3 Å². The van der Waals surface area contributed by atoms with Crippen LogP contribution < -0.4 is 5.32 Å². The molecule has 84 valence electrons. The molecule has 0 aliphatic rings. The molecule has 0 saturated carbocycles. The minimum atomic E-state index is -0.689. The predicted octanol–water partition coefficient (Wildman–Crippen LogP) is 1.92. The van der Waals surface area contributed by atoms with Crippen molar-refractivity contribution in [2.24, 2.45) is 0 Å². The van der Waals surface area contributed by atoms with E-state index in [0.717, 1.165) is 11.4 Å². The average Bonchev–Trinajstić information content (AvgIpc) is 2.17. The molecule has 0 bridgehead atoms. The number of nitrogens with zero attached hydrogens (tertiary/aromatic N) is 1. The van der Waals surface area contributed by atoms with Gasteiger partial charge in [-0.05, 0) is 31.7 Å². The lowest BCUT2D eigenvalue weighted by atomic mass is 10.1. The first-order valence-electron chi connectivity index (χ1n) is 4.91. The van der Waals surface area contributed by atoms with E-state index in [-0.39, 0.29) is 0 Å². The van der Waals surface area contributed by atoms with Gasteiger partial charge in [0.25, 0.3) is 0 Å². The van der Waals surface area contributed by atoms with Crippen LogP contribution in [-0.4, -0.2) is 34.2 Å². The second kappa shape index (κ2) is 5.37. The molecule has 1 aromatic rings. The van der Waals surface area contributed by atoms with Crippen molar-refractivity contribution in [3.05, 3.63) is 23.9 Å². The van der Waals surface area contributed by atoms with Crippen molar-refractivity contribution in [2.75, 3.05) is 23.9 Å². The van der Waals surface area contributed by atoms with Gasteiger partial charge in [-0.1, -0.05) is 6.07 Å². The molecule has 1 unspecified atom stereocenters. The molecule has 0 spiro atoms. The Kier molecular flexibility index (Phi) is 4.42. The van der Waals surface area contributed by atoms with Crippen molar-refractivity contribution >= 4 is 17.6 Å². The first-order valence-corrected chi connectivity index (χ1v) is 6.31. The van der Waals surface area contributed by atoms with E-state index in [1.807, 2.05) is 38.4 Å². The Balaban J connectivity index is 2.46. The third kappa shape index (κ3) is 4.53. The fourth-order valence-electron chi connectivity index (χ4n) is 1.22. The minimum absolute atomic E-state index is 0.518. The molecule has 1 heterocycles. The predicted molar refractivity (Wildman–Crippen MR) is 66.5 cm³/mol. The fraction of sp³-hybridized carbons (Fsp3) is 0.545. The summed E-state index contributed by atoms with van der Waals surface area (Å²) < 4.78 is 0. The number of aromatic nitrogens is 1. The molecule has 3 nitrogen and oxygen atoms in total. The van der Waals surface area contributed by atoms with Crippen molar-refractivity contribution in [2.45, 2.75) is 19.4 Å². The topological polar surface area (TPSA) is 45.1 Å². The molecule has 0 aliphatic heterocycles. The number of rotatable bonds is 5. The van der Waals surface area contributed by atoms with Crippen LogP contribution in [0.25, 0.3) is 0 Å². The standard InChI is InChI=1S/C11H18N2OS/c1-9-4-5-10(12-6-9)13-7-11(2,14)8-15-3/h4-6,14H,7-8H2,1-3H3,(H,12,13). The van der Waals surface area contributed by atoms with Crippen LogP contribution in [0.15, 0.2) is 18.3 Å². The van der Waals surface area contributed by atoms with Crippen molar-refractivity contribution in [3.8, 4) is 0 Å². The van der Waals surface area contributed by atoms with E-state index in [0.29, 0.717) is 12.3 Å². The van der Waals surface area contributed by atoms with Crippen LogP contribution in [0.4, 0.5) is 5.82 Å². The van der Waals surface area contributed by atoms with Gasteiger partial charge >= 0.3 is 0 Å². The van der Waals surface area contributed by atoms with E-state index in [1.54, 1.807) is 11.8 Å². The highest BCUT2D eigenvalue weighted by molar-refractivity contribution is 7.98. The van der Waals surface area contributed by atoms with Crippen LogP contribution in [0, 0.1) is 6.92 Å². The summed E-state index contributed by atoms with van der Waals surface area (Å²) in [6, 6.07) is 3.92. The summed E-state index contributed by atoms with van der Waals surface area (Å²) in [5.41, 5.74) is 0.447. The first kappa shape index (κ1) is 12.3. The highest BCUT2D eigenvalue weighted by atomic mass is 32.2. The van der Waals surface area contributed by atoms with Gasteiger partial charge in [-0.3, -0.25) is 0 Å². The molecule has 0 aliphatic carbocycles. The normalized spacial score (nSPS) is 14.7. The smallest absolute Gasteiger partial charge is 0.125 e. The molecule has 1 aromatic heterocycles. The van der Waals surface area contributed by atoms with Gasteiger partial charge in [-0.15, -0.1) is 0 Å². The van der Waals surface area contributed by atoms with Crippen LogP contribution in [-0.2, 0) is 0 Å². The number of hydrogen-bond acceptors (Lipinski definition) is 4. The number of pyridine rings is 1. The van der Waals surface area contributed by atoms with Crippen LogP contribution in [0.5, 0.6) is 0 Å². The number of aliphatic hydroxyl groups is 1. The van der Waals surface area contributed by atoms with Gasteiger partial charge in [-0.2, -0.15) is 11.8 Å². The SMILES string of the molecule is CSCC(C)(O)CNc1ccc(C)cn1. The van der Waals surface area contributed by atoms with Gasteiger partial charge in [0.2, 0.25) is 0 Å². The lowest BCUT2D eigenvalue weighted by Crippen LogP contribution is -2.36. The van der Waals surface area contributed by atoms with Gasteiger partial charge in [0.05, 0.1) is 5.60 Å². The number of anilines is 1. The Hall–Kier alpha value is -0.740. The van der Waals surface area contributed by atoms with E-state index < -0.39 is 5.60 Å². The van der Waals surface area contributed by atoms with Crippen LogP contribution >= 0.6 is 11.8 Å². The van der Waals surface area contributed by atoms with E-state index in [2.05, 4.69) is 10.3 Å². The zero-order valence-corrected chi connectivity index (χ0v) is 10.3. The van der Waals surface area contributed by atoms with E-state index >= 15 is 0 Å². The van der Waals surface area contributed by atoms with Gasteiger partial charge < -0.3 is 10.4 Å². The second-order valence-corrected chi connectivity index (χ2v) is 4.87. The van der Waals surface area contributed by atoms with E-state index in [4.69, 9.17) is 0 Å². The lowest BCUT2D eigenvalue weighted by Gasteiger charge is -2.22. The number of aryl methyl sites for hydroxylation is 1. The molecule has 0 amide bonds. The highest BCUT2D eigenvalue weighted by Crippen LogP contribution is 2.12. The van der Waals surface area contributed by atoms with Gasteiger partial charge in [0.1, 0.15) is 5.82 Å². The van der Waals surface area contributed by atoms with E-state index in [9.17, 15) is 5.11 Å². The maximum absolute atomic E-state index is 9.92. The summed E-state index contributed by atoms with van der Waals surface area (Å²) in [4.78, 5) is 4.21. The maximum atomic E-state index is 9.92. The lowest BCUT2D eigenvalue weighted by molar-refractivity contribution is 0.0996. The molecule has 1 rings (SSSR count). The van der Waals surface area contributed by atoms with Gasteiger partial charge in [0.15, 0.2) is 0 Å². The first-order chi connectivity index (χ1) is 7.03. The Morgan fingerprint density at radius 3 is 2.80 bits per heavy atom. The molecule has 4 heteroatoms. The minimum Gasteiger partial charge on any atom is -0.387 e. The monoisotopic (exact) mass is 226 g/mol. The Bertz CT molecular complexity index is 298. The zero-order valence-electron chi connectivity index (χ0n) is 9.45. The summed E-state index contributed by atoms with van der Waals surface area (Å²) in [7, 11) is 0. The second-order valence-electron chi connectivity index (χ2n) is 4.00. The molecule has 0 fully saturated rings. The third-order valence-electron chi connectivity index (χ3n) is 2.02. The summed E-state index contributed by atoms with van der Waals surface area (Å²) in [5.74, 6) is 1.52. The molecule has 1 atom stereocenters. The maximum Gasteiger partial charge on any atom is 0.125 e. The van der Waals surface area contributed by atoms with Crippen LogP contribution in [0.2, 0.25) is 0 Å². The molecule has 0 saturated heterocycles. The summed E-state index contributed by atoms with van der Waals surface area (Å²) in [6.07, 6.45) is 3.80. The van der Waals surface area contributed by atoms with Crippen molar-refractivity contribution < 1.29 is 5.11 Å². The van der Waals surface area contributed by atoms with E-state index in [1.165, 1.54) is 0 Å². The average molecular weight is 226 g/mol. The summed E-state index contributed by atoms with van der Waals surface area (Å²) in [5, 5.41) is 13.0. The van der Waals surface area contributed by atoms with Crippen molar-refractivity contribution in [3.63, 3.8) is 0 Å². The molecule has 15 heavy (non-hydrogen) atoms. The van der Waals surface area contributed by atoms with Gasteiger partial charge in [-0.25, -0.2) is 4.98 Å². The third-order valence-corrected chi connectivity index (χ3v) is 2.93. The zero-order chi connectivity index (χ0) is 11.3. The number of nitrogens with one attached hydrogen (secondary N) is 1. The number of thioether (sulfide) groups is 1. The Morgan fingerprint density at radius 2 is 2.27 bits per heavy atom. The Morgan fingerprint density at radius 1 is 1.53 bits per heavy atom. The number of hydrogen-bond donors (Lipinski definition) is 2. The molecular formula is C11H18N2OS. The van der Waals surface area contributed by atoms with Crippen molar-refractivity contribution in [1.82, 2.24) is 4.98 Å². The largest absolute Gasteiger partial charge is 0.387 e. The quantitative estimate of drug-likeness (QED) is 0.805. The molecule has 0 radical (unpaired) electrons. The van der Waals surface area contributed by atoms with Crippen LogP contribution in [0.1, 0.15) is 12.5 Å². The molecule has 0 aromatic carbocycles. The molecule has 2 N–H and O–H groups in total. The fourth-order valence-corrected chi connectivity index (χ4v) is 1.94. The highest BCUT2D eigenvalue weighted by Gasteiger charge is 2.18. The van der Waals surface area contributed by atoms with Crippen molar-refractivity contribution in [1.29, 1.82) is 0 Å².